The van der Waals surface area contributed by atoms with Crippen LogP contribution in [0.2, 0.25) is 0 Å². The van der Waals surface area contributed by atoms with Gasteiger partial charge in [0.2, 0.25) is 0 Å². The number of aliphatic hydroxyl groups is 1. The second kappa shape index (κ2) is 20.8. The van der Waals surface area contributed by atoms with Crippen LogP contribution in [0.4, 0.5) is 0 Å². The molecule has 0 aliphatic heterocycles. The second-order valence-corrected chi connectivity index (χ2v) is 5.43. The summed E-state index contributed by atoms with van der Waals surface area (Å²) >= 11 is 0. The normalized spacial score (nSPS) is 12.6. The van der Waals surface area contributed by atoms with Gasteiger partial charge in [0, 0.05) is 12.5 Å². The lowest BCUT2D eigenvalue weighted by Gasteiger charge is -2.13. The highest BCUT2D eigenvalue weighted by Gasteiger charge is 2.02. The summed E-state index contributed by atoms with van der Waals surface area (Å²) in [6.45, 7) is 11.2. The van der Waals surface area contributed by atoms with Crippen molar-refractivity contribution in [3.8, 4) is 0 Å². The summed E-state index contributed by atoms with van der Waals surface area (Å²) in [7, 11) is 0. The maximum atomic E-state index is 8.53. The summed E-state index contributed by atoms with van der Waals surface area (Å²) in [6.07, 6.45) is 1.04. The van der Waals surface area contributed by atoms with Crippen LogP contribution in [-0.4, -0.2) is 91.0 Å². The first kappa shape index (κ1) is 23.7. The van der Waals surface area contributed by atoms with Crippen LogP contribution in [0.5, 0.6) is 0 Å². The fraction of sp³-hybridized carbons (Fsp3) is 1.00. The van der Waals surface area contributed by atoms with Gasteiger partial charge in [0.1, 0.15) is 0 Å². The molecule has 0 saturated heterocycles. The Kier molecular flexibility index (Phi) is 20.5. The van der Waals surface area contributed by atoms with E-state index in [1.165, 1.54) is 0 Å². The highest BCUT2D eigenvalue weighted by Crippen LogP contribution is 1.97. The molecule has 146 valence electrons. The number of aliphatic hydroxyl groups excluding tert-OH is 1. The van der Waals surface area contributed by atoms with Crippen LogP contribution in [0.15, 0.2) is 0 Å². The Morgan fingerprint density at radius 3 is 1.38 bits per heavy atom. The number of hydrogen-bond donors (Lipinski definition) is 1. The van der Waals surface area contributed by atoms with E-state index < -0.39 is 0 Å². The van der Waals surface area contributed by atoms with Crippen LogP contribution in [0, 0.1) is 5.92 Å². The molecule has 1 unspecified atom stereocenters. The molecule has 0 radical (unpaired) electrons. The maximum Gasteiger partial charge on any atom is 0.0701 e. The third-order valence-electron chi connectivity index (χ3n) is 2.88. The predicted octanol–water partition coefficient (Wildman–Crippen LogP) is 1.12. The summed E-state index contributed by atoms with van der Waals surface area (Å²) in [5.41, 5.74) is 0. The lowest BCUT2D eigenvalue weighted by molar-refractivity contribution is -0.0156. The highest BCUT2D eigenvalue weighted by atomic mass is 16.6. The molecule has 0 rings (SSSR count). The van der Waals surface area contributed by atoms with Crippen molar-refractivity contribution in [3.05, 3.63) is 0 Å². The molecule has 0 fully saturated rings. The third-order valence-corrected chi connectivity index (χ3v) is 2.88. The van der Waals surface area contributed by atoms with Crippen molar-refractivity contribution in [2.45, 2.75) is 20.3 Å². The van der Waals surface area contributed by atoms with Crippen LogP contribution in [-0.2, 0) is 28.4 Å². The summed E-state index contributed by atoms with van der Waals surface area (Å²) in [6, 6.07) is 0. The van der Waals surface area contributed by atoms with Gasteiger partial charge in [0.05, 0.1) is 79.3 Å². The zero-order valence-electron chi connectivity index (χ0n) is 15.4. The average molecular weight is 352 g/mol. The van der Waals surface area contributed by atoms with Gasteiger partial charge >= 0.3 is 0 Å². The fourth-order valence-electron chi connectivity index (χ4n) is 1.71. The topological polar surface area (TPSA) is 75.6 Å². The first-order chi connectivity index (χ1) is 11.8. The van der Waals surface area contributed by atoms with Gasteiger partial charge in [-0.05, 0) is 6.42 Å². The average Bonchev–Trinajstić information content (AvgIpc) is 2.59. The Morgan fingerprint density at radius 2 is 0.958 bits per heavy atom. The molecule has 0 aromatic heterocycles. The van der Waals surface area contributed by atoms with Crippen molar-refractivity contribution in [1.82, 2.24) is 0 Å². The molecule has 24 heavy (non-hydrogen) atoms. The Balaban J connectivity index is 3.12. The van der Waals surface area contributed by atoms with Gasteiger partial charge in [0.15, 0.2) is 0 Å². The smallest absolute Gasteiger partial charge is 0.0701 e. The lowest BCUT2D eigenvalue weighted by atomic mass is 10.2. The van der Waals surface area contributed by atoms with Gasteiger partial charge in [-0.2, -0.15) is 0 Å². The fourth-order valence-corrected chi connectivity index (χ4v) is 1.71. The van der Waals surface area contributed by atoms with E-state index in [0.29, 0.717) is 78.6 Å². The standard InChI is InChI=1S/C17H36O7/c1-3-5-19-7-9-21-11-13-23-15-17(2)16-24-14-12-22-10-8-20-6-4-18/h17-18H,3-16H2,1-2H3. The third kappa shape index (κ3) is 19.8. The molecule has 0 bridgehead atoms. The molecular formula is C17H36O7. The van der Waals surface area contributed by atoms with E-state index in [1.807, 2.05) is 0 Å². The molecule has 0 aromatic rings. The first-order valence-corrected chi connectivity index (χ1v) is 8.88. The monoisotopic (exact) mass is 352 g/mol. The minimum atomic E-state index is 0.0442. The summed E-state index contributed by atoms with van der Waals surface area (Å²) < 4.78 is 32.2. The van der Waals surface area contributed by atoms with E-state index in [9.17, 15) is 0 Å². The molecule has 0 heterocycles. The summed E-state index contributed by atoms with van der Waals surface area (Å²) in [5.74, 6) is 0.339. The van der Waals surface area contributed by atoms with Gasteiger partial charge in [-0.3, -0.25) is 0 Å². The van der Waals surface area contributed by atoms with Crippen LogP contribution in [0.25, 0.3) is 0 Å². The SMILES string of the molecule is CCCOCCOCCOCC(C)COCCOCCOCCO. The Labute approximate surface area is 146 Å². The van der Waals surface area contributed by atoms with Gasteiger partial charge in [-0.1, -0.05) is 13.8 Å². The van der Waals surface area contributed by atoms with Gasteiger partial charge in [-0.15, -0.1) is 0 Å². The zero-order valence-corrected chi connectivity index (χ0v) is 15.4. The molecule has 7 nitrogen and oxygen atoms in total. The quantitative estimate of drug-likeness (QED) is 0.329. The molecular weight excluding hydrogens is 316 g/mol. The molecule has 0 saturated carbocycles. The predicted molar refractivity (Wildman–Crippen MR) is 91.5 cm³/mol. The Hall–Kier alpha value is -0.280. The molecule has 0 aliphatic carbocycles. The number of rotatable bonds is 20. The molecule has 1 N–H and O–H groups in total. The van der Waals surface area contributed by atoms with E-state index in [2.05, 4.69) is 13.8 Å². The van der Waals surface area contributed by atoms with Crippen molar-refractivity contribution in [2.24, 2.45) is 5.92 Å². The van der Waals surface area contributed by atoms with Gasteiger partial charge < -0.3 is 33.5 Å². The van der Waals surface area contributed by atoms with E-state index in [4.69, 9.17) is 33.5 Å². The minimum absolute atomic E-state index is 0.0442. The van der Waals surface area contributed by atoms with Crippen LogP contribution in [0.3, 0.4) is 0 Å². The molecule has 0 aliphatic rings. The Bertz CT molecular complexity index is 207. The Morgan fingerprint density at radius 1 is 0.583 bits per heavy atom. The molecule has 0 aromatic carbocycles. The van der Waals surface area contributed by atoms with E-state index >= 15 is 0 Å². The van der Waals surface area contributed by atoms with Crippen molar-refractivity contribution in [2.75, 3.05) is 85.9 Å². The van der Waals surface area contributed by atoms with Crippen molar-refractivity contribution < 1.29 is 33.5 Å². The molecule has 0 spiro atoms. The second-order valence-electron chi connectivity index (χ2n) is 5.43. The van der Waals surface area contributed by atoms with Crippen molar-refractivity contribution in [3.63, 3.8) is 0 Å². The van der Waals surface area contributed by atoms with Crippen molar-refractivity contribution in [1.29, 1.82) is 0 Å². The van der Waals surface area contributed by atoms with E-state index in [1.54, 1.807) is 0 Å². The lowest BCUT2D eigenvalue weighted by Crippen LogP contribution is -2.17. The van der Waals surface area contributed by atoms with Gasteiger partial charge in [0.25, 0.3) is 0 Å². The van der Waals surface area contributed by atoms with Crippen molar-refractivity contribution >= 4 is 0 Å². The molecule has 0 amide bonds. The summed E-state index contributed by atoms with van der Waals surface area (Å²) in [5, 5.41) is 8.53. The zero-order chi connectivity index (χ0) is 17.7. The summed E-state index contributed by atoms with van der Waals surface area (Å²) in [4.78, 5) is 0. The minimum Gasteiger partial charge on any atom is -0.394 e. The maximum absolute atomic E-state index is 8.53. The van der Waals surface area contributed by atoms with E-state index in [0.717, 1.165) is 13.0 Å². The van der Waals surface area contributed by atoms with Crippen LogP contribution >= 0.6 is 0 Å². The first-order valence-electron chi connectivity index (χ1n) is 8.88. The number of ether oxygens (including phenoxy) is 6. The number of hydrogen-bond acceptors (Lipinski definition) is 7. The molecule has 7 heteroatoms. The van der Waals surface area contributed by atoms with Crippen LogP contribution < -0.4 is 0 Å². The van der Waals surface area contributed by atoms with Crippen LogP contribution in [0.1, 0.15) is 20.3 Å². The molecule has 1 atom stereocenters. The van der Waals surface area contributed by atoms with Gasteiger partial charge in [-0.25, -0.2) is 0 Å². The van der Waals surface area contributed by atoms with E-state index in [-0.39, 0.29) is 6.61 Å². The largest absolute Gasteiger partial charge is 0.394 e. The highest BCUT2D eigenvalue weighted by molar-refractivity contribution is 4.49.